The quantitative estimate of drug-likeness (QED) is 0.659. The summed E-state index contributed by atoms with van der Waals surface area (Å²) in [5, 5.41) is 19.9. The Bertz CT molecular complexity index is 586. The minimum atomic E-state index is -0.718. The van der Waals surface area contributed by atoms with Crippen LogP contribution in [0.5, 0.6) is 0 Å². The molecule has 0 N–H and O–H groups in total. The van der Waals surface area contributed by atoms with E-state index in [0.717, 1.165) is 5.39 Å². The van der Waals surface area contributed by atoms with Crippen molar-refractivity contribution in [1.29, 1.82) is 10.5 Å². The van der Waals surface area contributed by atoms with Crippen molar-refractivity contribution in [2.45, 2.75) is 0 Å². The van der Waals surface area contributed by atoms with E-state index in [9.17, 15) is 4.39 Å². The van der Waals surface area contributed by atoms with Gasteiger partial charge in [0.25, 0.3) is 0 Å². The van der Waals surface area contributed by atoms with Crippen molar-refractivity contribution in [2.24, 2.45) is 0 Å². The summed E-state index contributed by atoms with van der Waals surface area (Å²) in [7, 11) is 0. The number of thiophene rings is 1. The van der Waals surface area contributed by atoms with Gasteiger partial charge in [0.15, 0.2) is 5.82 Å². The van der Waals surface area contributed by atoms with Gasteiger partial charge in [-0.1, -0.05) is 0 Å². The fourth-order valence-corrected chi connectivity index (χ4v) is 2.14. The van der Waals surface area contributed by atoms with Crippen LogP contribution in [-0.4, -0.2) is 0 Å². The highest BCUT2D eigenvalue weighted by Gasteiger charge is 2.13. The first kappa shape index (κ1) is 8.68. The van der Waals surface area contributed by atoms with Gasteiger partial charge in [-0.05, 0) is 22.9 Å². The average molecular weight is 202 g/mol. The Balaban J connectivity index is 2.98. The van der Waals surface area contributed by atoms with Gasteiger partial charge in [0.05, 0.1) is 10.3 Å². The minimum Gasteiger partial charge on any atom is -0.204 e. The van der Waals surface area contributed by atoms with Gasteiger partial charge in [0, 0.05) is 0 Å². The summed E-state index contributed by atoms with van der Waals surface area (Å²) < 4.78 is 14.0. The van der Waals surface area contributed by atoms with Crippen LogP contribution < -0.4 is 0 Å². The van der Waals surface area contributed by atoms with E-state index < -0.39 is 5.82 Å². The van der Waals surface area contributed by atoms with Gasteiger partial charge < -0.3 is 0 Å². The van der Waals surface area contributed by atoms with Crippen LogP contribution in [0, 0.1) is 28.5 Å². The molecule has 2 rings (SSSR count). The molecule has 0 fully saturated rings. The van der Waals surface area contributed by atoms with Gasteiger partial charge in [-0.25, -0.2) is 4.39 Å². The Morgan fingerprint density at radius 1 is 1.29 bits per heavy atom. The number of fused-ring (bicyclic) bond motifs is 1. The van der Waals surface area contributed by atoms with E-state index >= 15 is 0 Å². The molecule has 0 saturated heterocycles. The number of nitrogens with zero attached hydrogens (tertiary/aromatic N) is 2. The van der Waals surface area contributed by atoms with Crippen molar-refractivity contribution in [3.05, 3.63) is 34.5 Å². The lowest BCUT2D eigenvalue weighted by atomic mass is 10.1. The molecule has 0 aliphatic rings. The van der Waals surface area contributed by atoms with Crippen LogP contribution in [0.2, 0.25) is 0 Å². The maximum Gasteiger partial charge on any atom is 0.160 e. The summed E-state index contributed by atoms with van der Waals surface area (Å²) in [5.41, 5.74) is -0.110. The van der Waals surface area contributed by atoms with Gasteiger partial charge in [-0.3, -0.25) is 0 Å². The van der Waals surface area contributed by atoms with Crippen molar-refractivity contribution in [3.8, 4) is 12.1 Å². The van der Waals surface area contributed by atoms with Gasteiger partial charge in [0.2, 0.25) is 0 Å². The largest absolute Gasteiger partial charge is 0.204 e. The number of halogens is 1. The molecule has 14 heavy (non-hydrogen) atoms. The van der Waals surface area contributed by atoms with Crippen molar-refractivity contribution in [2.75, 3.05) is 0 Å². The molecule has 1 aromatic heterocycles. The lowest BCUT2D eigenvalue weighted by Gasteiger charge is -1.97. The topological polar surface area (TPSA) is 47.6 Å². The molecule has 1 aromatic carbocycles. The first-order valence-corrected chi connectivity index (χ1v) is 4.66. The molecule has 0 saturated carbocycles. The lowest BCUT2D eigenvalue weighted by molar-refractivity contribution is 0.622. The molecule has 0 amide bonds. The minimum absolute atomic E-state index is 0.0333. The Morgan fingerprint density at radius 3 is 2.71 bits per heavy atom. The number of benzene rings is 1. The smallest absolute Gasteiger partial charge is 0.160 e. The van der Waals surface area contributed by atoms with Crippen LogP contribution in [0.25, 0.3) is 10.1 Å². The van der Waals surface area contributed by atoms with Crippen LogP contribution >= 0.6 is 11.3 Å². The average Bonchev–Trinajstić information content (AvgIpc) is 2.64. The predicted octanol–water partition coefficient (Wildman–Crippen LogP) is 2.78. The zero-order valence-electron chi connectivity index (χ0n) is 6.91. The maximum absolute atomic E-state index is 13.4. The van der Waals surface area contributed by atoms with Crippen molar-refractivity contribution in [1.82, 2.24) is 0 Å². The predicted molar refractivity (Wildman–Crippen MR) is 51.2 cm³/mol. The van der Waals surface area contributed by atoms with Crippen LogP contribution in [-0.2, 0) is 0 Å². The molecular weight excluding hydrogens is 199 g/mol. The third-order valence-electron chi connectivity index (χ3n) is 1.91. The van der Waals surface area contributed by atoms with Gasteiger partial charge in [0.1, 0.15) is 17.7 Å². The summed E-state index contributed by atoms with van der Waals surface area (Å²) in [6, 6.07) is 6.74. The van der Waals surface area contributed by atoms with Crippen LogP contribution in [0.1, 0.15) is 11.1 Å². The Kier molecular flexibility index (Phi) is 1.92. The highest BCUT2D eigenvalue weighted by atomic mass is 32.1. The molecule has 0 radical (unpaired) electrons. The molecule has 0 aliphatic heterocycles. The summed E-state index contributed by atoms with van der Waals surface area (Å²) in [6.07, 6.45) is 0. The summed E-state index contributed by atoms with van der Waals surface area (Å²) >= 11 is 1.30. The molecule has 0 bridgehead atoms. The Labute approximate surface area is 83.4 Å². The molecule has 2 aromatic rings. The van der Waals surface area contributed by atoms with E-state index in [0.29, 0.717) is 4.70 Å². The first-order valence-electron chi connectivity index (χ1n) is 3.78. The molecule has 2 nitrogen and oxygen atoms in total. The van der Waals surface area contributed by atoms with E-state index in [1.807, 2.05) is 0 Å². The van der Waals surface area contributed by atoms with Gasteiger partial charge in [-0.15, -0.1) is 11.3 Å². The molecule has 0 unspecified atom stereocenters. The normalized spacial score (nSPS) is 9.64. The molecule has 66 valence electrons. The van der Waals surface area contributed by atoms with E-state index in [1.165, 1.54) is 17.4 Å². The summed E-state index contributed by atoms with van der Waals surface area (Å²) in [4.78, 5) is 0. The maximum atomic E-state index is 13.4. The van der Waals surface area contributed by atoms with E-state index in [-0.39, 0.29) is 11.1 Å². The van der Waals surface area contributed by atoms with E-state index in [1.54, 1.807) is 23.6 Å². The second-order valence-electron chi connectivity index (χ2n) is 2.68. The molecule has 4 heteroatoms. The number of rotatable bonds is 0. The van der Waals surface area contributed by atoms with Crippen LogP contribution in [0.15, 0.2) is 17.5 Å². The van der Waals surface area contributed by atoms with Crippen LogP contribution in [0.3, 0.4) is 0 Å². The van der Waals surface area contributed by atoms with Crippen molar-refractivity contribution >= 4 is 21.4 Å². The number of hydrogen-bond donors (Lipinski definition) is 0. The molecule has 0 spiro atoms. The van der Waals surface area contributed by atoms with Gasteiger partial charge in [-0.2, -0.15) is 10.5 Å². The second kappa shape index (κ2) is 3.10. The van der Waals surface area contributed by atoms with Gasteiger partial charge >= 0.3 is 0 Å². The fraction of sp³-hybridized carbons (Fsp3) is 0. The second-order valence-corrected chi connectivity index (χ2v) is 3.59. The summed E-state index contributed by atoms with van der Waals surface area (Å²) in [6.45, 7) is 0. The zero-order chi connectivity index (χ0) is 10.1. The molecule has 0 aliphatic carbocycles. The van der Waals surface area contributed by atoms with Crippen molar-refractivity contribution < 1.29 is 4.39 Å². The SMILES string of the molecule is N#Cc1cc2ccsc2c(C#N)c1F. The standard InChI is InChI=1S/C10H3FN2S/c11-9-7(4-12)3-6-1-2-14-10(6)8(9)5-13/h1-3H. The van der Waals surface area contributed by atoms with Crippen molar-refractivity contribution in [3.63, 3.8) is 0 Å². The molecule has 1 heterocycles. The van der Waals surface area contributed by atoms with E-state index in [4.69, 9.17) is 10.5 Å². The number of hydrogen-bond acceptors (Lipinski definition) is 3. The Morgan fingerprint density at radius 2 is 2.07 bits per heavy atom. The Hall–Kier alpha value is -1.91. The monoisotopic (exact) mass is 202 g/mol. The zero-order valence-corrected chi connectivity index (χ0v) is 7.73. The number of nitriles is 2. The third kappa shape index (κ3) is 1.06. The highest BCUT2D eigenvalue weighted by Crippen LogP contribution is 2.28. The fourth-order valence-electron chi connectivity index (χ4n) is 1.27. The third-order valence-corrected chi connectivity index (χ3v) is 2.86. The van der Waals surface area contributed by atoms with Crippen LogP contribution in [0.4, 0.5) is 4.39 Å². The molecule has 0 atom stereocenters. The highest BCUT2D eigenvalue weighted by molar-refractivity contribution is 7.17. The lowest BCUT2D eigenvalue weighted by Crippen LogP contribution is -1.89. The summed E-state index contributed by atoms with van der Waals surface area (Å²) in [5.74, 6) is -0.718. The molecular formula is C10H3FN2S. The first-order chi connectivity index (χ1) is 6.77. The van der Waals surface area contributed by atoms with E-state index in [2.05, 4.69) is 0 Å².